The standard InChI is InChI=1S/C25H22N2O7/c1-32-19-9-2-15(3-10-19)24-23(25(28)29)20(16-4-11-21-22(12-16)34-14-33-21)13-26(24)17-5-7-18(8-6-17)27(30)31/h2-12,20,23-24H,13-14H2,1H3,(H,28,29)/t20?,23-,24+/m0/s1. The smallest absolute Gasteiger partial charge is 0.309 e. The molecule has 0 amide bonds. The topological polar surface area (TPSA) is 111 Å². The van der Waals surface area contributed by atoms with Crippen molar-refractivity contribution in [3.8, 4) is 17.2 Å². The molecule has 0 radical (unpaired) electrons. The van der Waals surface area contributed by atoms with Crippen LogP contribution in [0, 0.1) is 16.0 Å². The molecule has 1 saturated heterocycles. The molecule has 0 saturated carbocycles. The molecular formula is C25H22N2O7. The Kier molecular flexibility index (Phi) is 5.45. The van der Waals surface area contributed by atoms with E-state index in [1.54, 1.807) is 37.4 Å². The molecule has 1 N–H and O–H groups in total. The summed E-state index contributed by atoms with van der Waals surface area (Å²) in [6, 6.07) is 18.5. The number of anilines is 1. The summed E-state index contributed by atoms with van der Waals surface area (Å²) in [5.41, 5.74) is 2.33. The lowest BCUT2D eigenvalue weighted by atomic mass is 9.82. The number of rotatable bonds is 6. The van der Waals surface area contributed by atoms with E-state index in [0.29, 0.717) is 29.5 Å². The number of nitro groups is 1. The first-order chi connectivity index (χ1) is 16.5. The quantitative estimate of drug-likeness (QED) is 0.424. The lowest BCUT2D eigenvalue weighted by Gasteiger charge is -2.29. The molecule has 0 spiro atoms. The monoisotopic (exact) mass is 462 g/mol. The number of hydrogen-bond acceptors (Lipinski definition) is 7. The summed E-state index contributed by atoms with van der Waals surface area (Å²) in [5.74, 6) is -0.155. The maximum Gasteiger partial charge on any atom is 0.309 e. The average Bonchev–Trinajstić information content (AvgIpc) is 3.48. The summed E-state index contributed by atoms with van der Waals surface area (Å²) in [4.78, 5) is 25.3. The Hall–Kier alpha value is -4.27. The molecule has 3 aromatic rings. The number of aliphatic carboxylic acids is 1. The van der Waals surface area contributed by atoms with Gasteiger partial charge in [-0.05, 0) is 47.5 Å². The van der Waals surface area contributed by atoms with Crippen LogP contribution in [-0.4, -0.2) is 36.4 Å². The molecule has 1 fully saturated rings. The first kappa shape index (κ1) is 21.6. The summed E-state index contributed by atoms with van der Waals surface area (Å²) >= 11 is 0. The molecule has 5 rings (SSSR count). The normalized spacial score (nSPS) is 20.9. The second-order valence-corrected chi connectivity index (χ2v) is 8.23. The number of non-ortho nitro benzene ring substituents is 1. The zero-order valence-corrected chi connectivity index (χ0v) is 18.3. The number of carboxylic acids is 1. The zero-order valence-electron chi connectivity index (χ0n) is 18.3. The van der Waals surface area contributed by atoms with Crippen molar-refractivity contribution in [2.24, 2.45) is 5.92 Å². The minimum atomic E-state index is -0.923. The Morgan fingerprint density at radius 2 is 1.71 bits per heavy atom. The van der Waals surface area contributed by atoms with Gasteiger partial charge in [-0.2, -0.15) is 0 Å². The number of fused-ring (bicyclic) bond motifs is 1. The van der Waals surface area contributed by atoms with Crippen molar-refractivity contribution >= 4 is 17.3 Å². The van der Waals surface area contributed by atoms with Crippen LogP contribution in [0.15, 0.2) is 66.7 Å². The van der Waals surface area contributed by atoms with E-state index in [-0.39, 0.29) is 18.4 Å². The molecule has 2 aliphatic rings. The van der Waals surface area contributed by atoms with Gasteiger partial charge in [-0.1, -0.05) is 18.2 Å². The molecule has 9 nitrogen and oxygen atoms in total. The summed E-state index contributed by atoms with van der Waals surface area (Å²) in [6.07, 6.45) is 0. The van der Waals surface area contributed by atoms with E-state index in [4.69, 9.17) is 14.2 Å². The molecular weight excluding hydrogens is 440 g/mol. The summed E-state index contributed by atoms with van der Waals surface area (Å²) < 4.78 is 16.2. The van der Waals surface area contributed by atoms with E-state index in [1.165, 1.54) is 12.1 Å². The number of ether oxygens (including phenoxy) is 3. The number of benzene rings is 3. The molecule has 2 heterocycles. The van der Waals surface area contributed by atoms with Crippen LogP contribution in [0.1, 0.15) is 23.1 Å². The van der Waals surface area contributed by atoms with Gasteiger partial charge in [0.1, 0.15) is 5.75 Å². The van der Waals surface area contributed by atoms with Crippen LogP contribution in [-0.2, 0) is 4.79 Å². The van der Waals surface area contributed by atoms with E-state index >= 15 is 0 Å². The van der Waals surface area contributed by atoms with Crippen molar-refractivity contribution in [1.29, 1.82) is 0 Å². The van der Waals surface area contributed by atoms with Crippen LogP contribution in [0.2, 0.25) is 0 Å². The number of nitro benzene ring substituents is 1. The van der Waals surface area contributed by atoms with Crippen molar-refractivity contribution in [3.05, 3.63) is 88.0 Å². The predicted molar refractivity (Wildman–Crippen MR) is 123 cm³/mol. The van der Waals surface area contributed by atoms with Crippen LogP contribution in [0.25, 0.3) is 0 Å². The summed E-state index contributed by atoms with van der Waals surface area (Å²) in [6.45, 7) is 0.542. The van der Waals surface area contributed by atoms with E-state index in [2.05, 4.69) is 0 Å². The number of hydrogen-bond donors (Lipinski definition) is 1. The SMILES string of the molecule is COc1ccc([C@@H]2[C@@H](C(=O)O)C(c3ccc4c(c3)OCO4)CN2c2ccc([N+](=O)[O-])cc2)cc1. The van der Waals surface area contributed by atoms with Crippen molar-refractivity contribution < 1.29 is 29.0 Å². The molecule has 3 atom stereocenters. The molecule has 0 bridgehead atoms. The van der Waals surface area contributed by atoms with Crippen LogP contribution in [0.3, 0.4) is 0 Å². The Balaban J connectivity index is 1.60. The number of nitrogens with zero attached hydrogens (tertiary/aromatic N) is 2. The van der Waals surface area contributed by atoms with E-state index in [0.717, 1.165) is 11.1 Å². The van der Waals surface area contributed by atoms with Gasteiger partial charge in [0.15, 0.2) is 11.5 Å². The highest BCUT2D eigenvalue weighted by Crippen LogP contribution is 2.49. The number of carboxylic acid groups (broad SMARTS) is 1. The third-order valence-corrected chi connectivity index (χ3v) is 6.46. The van der Waals surface area contributed by atoms with Gasteiger partial charge in [-0.15, -0.1) is 0 Å². The highest BCUT2D eigenvalue weighted by molar-refractivity contribution is 5.76. The Labute approximate surface area is 195 Å². The lowest BCUT2D eigenvalue weighted by molar-refractivity contribution is -0.384. The van der Waals surface area contributed by atoms with Gasteiger partial charge in [-0.3, -0.25) is 14.9 Å². The fraction of sp³-hybridized carbons (Fsp3) is 0.240. The highest BCUT2D eigenvalue weighted by Gasteiger charge is 2.47. The van der Waals surface area contributed by atoms with E-state index in [9.17, 15) is 20.0 Å². The van der Waals surface area contributed by atoms with E-state index in [1.807, 2.05) is 29.2 Å². The lowest BCUT2D eigenvalue weighted by Crippen LogP contribution is -2.28. The van der Waals surface area contributed by atoms with Crippen molar-refractivity contribution in [3.63, 3.8) is 0 Å². The predicted octanol–water partition coefficient (Wildman–Crippen LogP) is 4.38. The molecule has 0 aromatic heterocycles. The van der Waals surface area contributed by atoms with Gasteiger partial charge in [0, 0.05) is 30.3 Å². The van der Waals surface area contributed by atoms with Gasteiger partial charge in [0.2, 0.25) is 6.79 Å². The largest absolute Gasteiger partial charge is 0.497 e. The van der Waals surface area contributed by atoms with Gasteiger partial charge in [-0.25, -0.2) is 0 Å². The third kappa shape index (κ3) is 3.75. The van der Waals surface area contributed by atoms with Crippen molar-refractivity contribution in [2.45, 2.75) is 12.0 Å². The zero-order chi connectivity index (χ0) is 23.8. The molecule has 2 aliphatic heterocycles. The molecule has 174 valence electrons. The maximum atomic E-state index is 12.6. The van der Waals surface area contributed by atoms with Crippen LogP contribution in [0.4, 0.5) is 11.4 Å². The summed E-state index contributed by atoms with van der Waals surface area (Å²) in [7, 11) is 1.57. The first-order valence-electron chi connectivity index (χ1n) is 10.7. The fourth-order valence-electron chi connectivity index (χ4n) is 4.84. The van der Waals surface area contributed by atoms with Gasteiger partial charge in [0.05, 0.1) is 24.0 Å². The Bertz CT molecular complexity index is 1230. The van der Waals surface area contributed by atoms with Gasteiger partial charge >= 0.3 is 5.97 Å². The van der Waals surface area contributed by atoms with Crippen LogP contribution in [0.5, 0.6) is 17.2 Å². The summed E-state index contributed by atoms with van der Waals surface area (Å²) in [5, 5.41) is 21.5. The second-order valence-electron chi connectivity index (χ2n) is 8.23. The van der Waals surface area contributed by atoms with Crippen LogP contribution >= 0.6 is 0 Å². The molecule has 34 heavy (non-hydrogen) atoms. The molecule has 0 aliphatic carbocycles. The minimum Gasteiger partial charge on any atom is -0.497 e. The molecule has 1 unspecified atom stereocenters. The third-order valence-electron chi connectivity index (χ3n) is 6.46. The van der Waals surface area contributed by atoms with E-state index < -0.39 is 22.9 Å². The fourth-order valence-corrected chi connectivity index (χ4v) is 4.84. The van der Waals surface area contributed by atoms with Gasteiger partial charge in [0.25, 0.3) is 5.69 Å². The maximum absolute atomic E-state index is 12.6. The Morgan fingerprint density at radius 1 is 1.03 bits per heavy atom. The number of carbonyl (C=O) groups is 1. The van der Waals surface area contributed by atoms with Crippen molar-refractivity contribution in [2.75, 3.05) is 25.3 Å². The Morgan fingerprint density at radius 3 is 2.35 bits per heavy atom. The van der Waals surface area contributed by atoms with Crippen molar-refractivity contribution in [1.82, 2.24) is 0 Å². The highest BCUT2D eigenvalue weighted by atomic mass is 16.7. The van der Waals surface area contributed by atoms with Gasteiger partial charge < -0.3 is 24.2 Å². The molecule has 9 heteroatoms. The second kappa shape index (κ2) is 8.58. The van der Waals surface area contributed by atoms with Crippen LogP contribution < -0.4 is 19.1 Å². The minimum absolute atomic E-state index is 0.0222. The average molecular weight is 462 g/mol. The molecule has 3 aromatic carbocycles. The number of methoxy groups -OCH3 is 1. The first-order valence-corrected chi connectivity index (χ1v) is 10.7.